The lowest BCUT2D eigenvalue weighted by molar-refractivity contribution is -0.137. The van der Waals surface area contributed by atoms with Gasteiger partial charge in [-0.3, -0.25) is 0 Å². The Hall–Kier alpha value is -2.08. The molecule has 0 amide bonds. The normalized spacial score (nSPS) is 10.0. The van der Waals surface area contributed by atoms with Gasteiger partial charge < -0.3 is 4.74 Å². The highest BCUT2D eigenvalue weighted by Gasteiger charge is 1.94. The molecule has 0 saturated carbocycles. The molecule has 1 aromatic rings. The van der Waals surface area contributed by atoms with Crippen LogP contribution >= 0.6 is 0 Å². The monoisotopic (exact) mass is 215 g/mol. The summed E-state index contributed by atoms with van der Waals surface area (Å²) < 4.78 is 4.75. The Balaban J connectivity index is 2.49. The molecule has 0 bridgehead atoms. The predicted molar refractivity (Wildman–Crippen MR) is 60.6 cm³/mol. The molecule has 0 fully saturated rings. The summed E-state index contributed by atoms with van der Waals surface area (Å²) in [7, 11) is 0. The highest BCUT2D eigenvalue weighted by Crippen LogP contribution is 2.04. The van der Waals surface area contributed by atoms with Crippen molar-refractivity contribution in [3.8, 4) is 6.07 Å². The molecule has 1 aromatic carbocycles. The van der Waals surface area contributed by atoms with Crippen LogP contribution in [-0.4, -0.2) is 12.6 Å². The predicted octanol–water partition coefficient (Wildman–Crippen LogP) is 2.22. The highest BCUT2D eigenvalue weighted by atomic mass is 16.5. The van der Waals surface area contributed by atoms with E-state index in [-0.39, 0.29) is 5.97 Å². The highest BCUT2D eigenvalue weighted by molar-refractivity contribution is 5.81. The number of ether oxygens (including phenoxy) is 1. The lowest BCUT2D eigenvalue weighted by Crippen LogP contribution is -1.99. The van der Waals surface area contributed by atoms with Crippen molar-refractivity contribution in [3.05, 3.63) is 47.5 Å². The molecule has 0 unspecified atom stereocenters. The average molecular weight is 215 g/mol. The van der Waals surface area contributed by atoms with E-state index in [0.717, 1.165) is 5.56 Å². The van der Waals surface area contributed by atoms with Gasteiger partial charge in [0.1, 0.15) is 0 Å². The van der Waals surface area contributed by atoms with Crippen LogP contribution in [0, 0.1) is 11.3 Å². The SMILES string of the molecule is CCOC(=O)/C=C/Cc1ccc(C#N)cc1. The fourth-order valence-corrected chi connectivity index (χ4v) is 1.20. The summed E-state index contributed by atoms with van der Waals surface area (Å²) in [6.07, 6.45) is 3.83. The number of hydrogen-bond acceptors (Lipinski definition) is 3. The standard InChI is InChI=1S/C13H13NO2/c1-2-16-13(15)5-3-4-11-6-8-12(10-14)9-7-11/h3,5-9H,2,4H2,1H3/b5-3+. The Kier molecular flexibility index (Phi) is 4.81. The molecule has 3 nitrogen and oxygen atoms in total. The number of benzene rings is 1. The largest absolute Gasteiger partial charge is 0.463 e. The number of nitriles is 1. The molecule has 0 aliphatic rings. The zero-order valence-corrected chi connectivity index (χ0v) is 9.14. The van der Waals surface area contributed by atoms with Crippen LogP contribution in [0.5, 0.6) is 0 Å². The molecular weight excluding hydrogens is 202 g/mol. The minimum atomic E-state index is -0.323. The van der Waals surface area contributed by atoms with Gasteiger partial charge in [0.2, 0.25) is 0 Å². The van der Waals surface area contributed by atoms with Crippen LogP contribution in [0.3, 0.4) is 0 Å². The Labute approximate surface area is 95.0 Å². The summed E-state index contributed by atoms with van der Waals surface area (Å²) in [5, 5.41) is 8.61. The van der Waals surface area contributed by atoms with E-state index >= 15 is 0 Å². The number of allylic oxidation sites excluding steroid dienone is 1. The molecule has 3 heteroatoms. The Bertz CT molecular complexity index is 413. The van der Waals surface area contributed by atoms with Crippen LogP contribution in [0.1, 0.15) is 18.1 Å². The minimum Gasteiger partial charge on any atom is -0.463 e. The number of nitrogens with zero attached hydrogens (tertiary/aromatic N) is 1. The fourth-order valence-electron chi connectivity index (χ4n) is 1.20. The number of carbonyl (C=O) groups excluding carboxylic acids is 1. The molecule has 0 aliphatic heterocycles. The Morgan fingerprint density at radius 1 is 1.44 bits per heavy atom. The lowest BCUT2D eigenvalue weighted by Gasteiger charge is -1.96. The maximum Gasteiger partial charge on any atom is 0.330 e. The summed E-state index contributed by atoms with van der Waals surface area (Å²) in [4.78, 5) is 11.0. The van der Waals surface area contributed by atoms with E-state index in [4.69, 9.17) is 10.00 Å². The summed E-state index contributed by atoms with van der Waals surface area (Å²) in [6.45, 7) is 2.16. The molecule has 0 aromatic heterocycles. The summed E-state index contributed by atoms with van der Waals surface area (Å²) in [5.41, 5.74) is 1.69. The molecule has 16 heavy (non-hydrogen) atoms. The lowest BCUT2D eigenvalue weighted by atomic mass is 10.1. The van der Waals surface area contributed by atoms with Gasteiger partial charge in [-0.25, -0.2) is 4.79 Å². The number of carbonyl (C=O) groups is 1. The third-order valence-corrected chi connectivity index (χ3v) is 1.98. The van der Waals surface area contributed by atoms with Crippen LogP contribution in [0.25, 0.3) is 0 Å². The topological polar surface area (TPSA) is 50.1 Å². The van der Waals surface area contributed by atoms with Crippen molar-refractivity contribution >= 4 is 5.97 Å². The molecule has 0 N–H and O–H groups in total. The molecule has 0 aliphatic carbocycles. The molecule has 0 radical (unpaired) electrons. The van der Waals surface area contributed by atoms with Crippen molar-refractivity contribution < 1.29 is 9.53 Å². The van der Waals surface area contributed by atoms with Crippen molar-refractivity contribution in [3.63, 3.8) is 0 Å². The zero-order chi connectivity index (χ0) is 11.8. The third kappa shape index (κ3) is 3.97. The molecular formula is C13H13NO2. The number of rotatable bonds is 4. The van der Waals surface area contributed by atoms with Crippen molar-refractivity contribution in [2.24, 2.45) is 0 Å². The molecule has 0 heterocycles. The van der Waals surface area contributed by atoms with E-state index in [9.17, 15) is 4.79 Å². The van der Waals surface area contributed by atoms with Gasteiger partial charge >= 0.3 is 5.97 Å². The maximum absolute atomic E-state index is 11.0. The third-order valence-electron chi connectivity index (χ3n) is 1.98. The smallest absolute Gasteiger partial charge is 0.330 e. The van der Waals surface area contributed by atoms with E-state index in [0.29, 0.717) is 18.6 Å². The van der Waals surface area contributed by atoms with Crippen LogP contribution in [0.4, 0.5) is 0 Å². The first-order chi connectivity index (χ1) is 7.76. The summed E-state index contributed by atoms with van der Waals surface area (Å²) in [5.74, 6) is -0.323. The Morgan fingerprint density at radius 2 is 2.12 bits per heavy atom. The molecule has 82 valence electrons. The average Bonchev–Trinajstić information content (AvgIpc) is 2.30. The first kappa shape index (κ1) is 12.0. The van der Waals surface area contributed by atoms with Crippen molar-refractivity contribution in [2.45, 2.75) is 13.3 Å². The number of hydrogen-bond donors (Lipinski definition) is 0. The van der Waals surface area contributed by atoms with Gasteiger partial charge in [-0.2, -0.15) is 5.26 Å². The van der Waals surface area contributed by atoms with E-state index in [1.807, 2.05) is 12.1 Å². The molecule has 0 spiro atoms. The second-order valence-electron chi connectivity index (χ2n) is 3.17. The quantitative estimate of drug-likeness (QED) is 0.571. The second kappa shape index (κ2) is 6.41. The van der Waals surface area contributed by atoms with Gasteiger partial charge in [-0.1, -0.05) is 18.2 Å². The second-order valence-corrected chi connectivity index (χ2v) is 3.17. The summed E-state index contributed by atoms with van der Waals surface area (Å²) >= 11 is 0. The number of esters is 1. The van der Waals surface area contributed by atoms with E-state index < -0.39 is 0 Å². The zero-order valence-electron chi connectivity index (χ0n) is 9.14. The van der Waals surface area contributed by atoms with Crippen LogP contribution in [-0.2, 0) is 16.0 Å². The molecule has 0 saturated heterocycles. The van der Waals surface area contributed by atoms with Crippen LogP contribution < -0.4 is 0 Å². The van der Waals surface area contributed by atoms with E-state index in [2.05, 4.69) is 6.07 Å². The van der Waals surface area contributed by atoms with Crippen molar-refractivity contribution in [1.82, 2.24) is 0 Å². The summed E-state index contributed by atoms with van der Waals surface area (Å²) in [6, 6.07) is 9.31. The van der Waals surface area contributed by atoms with Gasteiger partial charge in [0.15, 0.2) is 0 Å². The first-order valence-electron chi connectivity index (χ1n) is 5.08. The van der Waals surface area contributed by atoms with E-state index in [1.54, 1.807) is 25.1 Å². The van der Waals surface area contributed by atoms with Gasteiger partial charge in [-0.05, 0) is 31.0 Å². The fraction of sp³-hybridized carbons (Fsp3) is 0.231. The van der Waals surface area contributed by atoms with Crippen LogP contribution in [0.2, 0.25) is 0 Å². The van der Waals surface area contributed by atoms with Gasteiger partial charge in [-0.15, -0.1) is 0 Å². The van der Waals surface area contributed by atoms with Gasteiger partial charge in [0, 0.05) is 6.08 Å². The Morgan fingerprint density at radius 3 is 2.69 bits per heavy atom. The van der Waals surface area contributed by atoms with Crippen LogP contribution in [0.15, 0.2) is 36.4 Å². The van der Waals surface area contributed by atoms with Gasteiger partial charge in [0.25, 0.3) is 0 Å². The van der Waals surface area contributed by atoms with Crippen molar-refractivity contribution in [1.29, 1.82) is 5.26 Å². The molecule has 1 rings (SSSR count). The maximum atomic E-state index is 11.0. The van der Waals surface area contributed by atoms with Gasteiger partial charge in [0.05, 0.1) is 18.2 Å². The molecule has 0 atom stereocenters. The first-order valence-corrected chi connectivity index (χ1v) is 5.08. The van der Waals surface area contributed by atoms with Crippen molar-refractivity contribution in [2.75, 3.05) is 6.61 Å². The van der Waals surface area contributed by atoms with E-state index in [1.165, 1.54) is 6.08 Å². The minimum absolute atomic E-state index is 0.323.